The van der Waals surface area contributed by atoms with Gasteiger partial charge >= 0.3 is 5.97 Å². The molecule has 7 nitrogen and oxygen atoms in total. The summed E-state index contributed by atoms with van der Waals surface area (Å²) in [5.41, 5.74) is 0.556. The molecule has 3 rings (SSSR count). The largest absolute Gasteiger partial charge is 0.463 e. The third-order valence-electron chi connectivity index (χ3n) is 4.49. The van der Waals surface area contributed by atoms with Gasteiger partial charge in [0, 0.05) is 32.1 Å². The Labute approximate surface area is 169 Å². The Morgan fingerprint density at radius 2 is 2.14 bits per heavy atom. The number of ether oxygens (including phenoxy) is 1. The molecule has 0 aliphatic carbocycles. The average molecular weight is 433 g/mol. The van der Waals surface area contributed by atoms with Crippen LogP contribution in [0, 0.1) is 5.82 Å². The second-order valence-corrected chi connectivity index (χ2v) is 7.99. The van der Waals surface area contributed by atoms with Gasteiger partial charge in [-0.3, -0.25) is 0 Å². The van der Waals surface area contributed by atoms with Crippen molar-refractivity contribution in [1.29, 1.82) is 0 Å². The number of benzene rings is 1. The van der Waals surface area contributed by atoms with Crippen molar-refractivity contribution >= 4 is 28.4 Å². The van der Waals surface area contributed by atoms with Crippen LogP contribution in [-0.2, 0) is 21.2 Å². The molecule has 1 aliphatic rings. The summed E-state index contributed by atoms with van der Waals surface area (Å²) in [6.45, 7) is 2.77. The number of hydrogen-bond donors (Lipinski definition) is 1. The topological polar surface area (TPSA) is 88.8 Å². The first kappa shape index (κ1) is 22.4. The van der Waals surface area contributed by atoms with Gasteiger partial charge in [0.25, 0.3) is 0 Å². The van der Waals surface area contributed by atoms with Crippen LogP contribution in [0.1, 0.15) is 34.8 Å². The maximum absolute atomic E-state index is 13.7. The molecule has 1 aromatic carbocycles. The third-order valence-corrected chi connectivity index (χ3v) is 6.45. The van der Waals surface area contributed by atoms with Gasteiger partial charge < -0.3 is 14.5 Å². The van der Waals surface area contributed by atoms with Gasteiger partial charge in [-0.2, -0.15) is 4.31 Å². The number of methoxy groups -OCH3 is 1. The van der Waals surface area contributed by atoms with Gasteiger partial charge in [0.15, 0.2) is 0 Å². The van der Waals surface area contributed by atoms with Crippen LogP contribution in [0.25, 0.3) is 0 Å². The molecule has 10 heteroatoms. The SMILES string of the molecule is CCc1oc(C(=O)OC)cc1S(=O)(=O)N1CCNCC1c1cccc(F)c1.Cl. The summed E-state index contributed by atoms with van der Waals surface area (Å²) in [4.78, 5) is 11.7. The molecule has 2 heterocycles. The monoisotopic (exact) mass is 432 g/mol. The minimum Gasteiger partial charge on any atom is -0.463 e. The summed E-state index contributed by atoms with van der Waals surface area (Å²) in [6, 6.07) is 6.52. The molecule has 1 aromatic heterocycles. The molecule has 154 valence electrons. The summed E-state index contributed by atoms with van der Waals surface area (Å²) < 4.78 is 51.7. The lowest BCUT2D eigenvalue weighted by atomic mass is 10.1. The van der Waals surface area contributed by atoms with E-state index in [1.807, 2.05) is 0 Å². The highest BCUT2D eigenvalue weighted by molar-refractivity contribution is 7.89. The fourth-order valence-corrected chi connectivity index (χ4v) is 5.02. The maximum Gasteiger partial charge on any atom is 0.373 e. The van der Waals surface area contributed by atoms with Crippen LogP contribution in [0.2, 0.25) is 0 Å². The number of nitrogens with one attached hydrogen (secondary N) is 1. The number of furan rings is 1. The number of hydrogen-bond acceptors (Lipinski definition) is 6. The van der Waals surface area contributed by atoms with Crippen molar-refractivity contribution in [2.24, 2.45) is 0 Å². The highest BCUT2D eigenvalue weighted by atomic mass is 35.5. The summed E-state index contributed by atoms with van der Waals surface area (Å²) in [6.07, 6.45) is 0.294. The molecular weight excluding hydrogens is 411 g/mol. The van der Waals surface area contributed by atoms with E-state index in [0.29, 0.717) is 25.1 Å². The van der Waals surface area contributed by atoms with E-state index in [1.165, 1.54) is 29.6 Å². The van der Waals surface area contributed by atoms with Gasteiger partial charge in [-0.1, -0.05) is 19.1 Å². The van der Waals surface area contributed by atoms with E-state index >= 15 is 0 Å². The predicted octanol–water partition coefficient (Wildman–Crippen LogP) is 2.52. The Bertz CT molecular complexity index is 947. The van der Waals surface area contributed by atoms with Gasteiger partial charge in [-0.05, 0) is 17.7 Å². The van der Waals surface area contributed by atoms with Crippen molar-refractivity contribution in [2.45, 2.75) is 24.3 Å². The van der Waals surface area contributed by atoms with Crippen molar-refractivity contribution in [1.82, 2.24) is 9.62 Å². The fraction of sp³-hybridized carbons (Fsp3) is 0.389. The van der Waals surface area contributed by atoms with Crippen molar-refractivity contribution in [3.63, 3.8) is 0 Å². The Morgan fingerprint density at radius 1 is 1.39 bits per heavy atom. The molecule has 1 fully saturated rings. The Morgan fingerprint density at radius 3 is 2.79 bits per heavy atom. The molecular formula is C18H22ClFN2O5S. The van der Waals surface area contributed by atoms with Crippen LogP contribution in [0.4, 0.5) is 4.39 Å². The highest BCUT2D eigenvalue weighted by Crippen LogP contribution is 2.32. The molecule has 0 spiro atoms. The standard InChI is InChI=1S/C18H21FN2O5S.ClH/c1-3-15-17(10-16(26-15)18(22)25-2)27(23,24)21-8-7-20-11-14(21)12-5-4-6-13(19)9-12;/h4-6,9-10,14,20H,3,7-8,11H2,1-2H3;1H. The van der Waals surface area contributed by atoms with E-state index in [4.69, 9.17) is 4.42 Å². The third kappa shape index (κ3) is 4.22. The first-order valence-electron chi connectivity index (χ1n) is 8.57. The summed E-state index contributed by atoms with van der Waals surface area (Å²) in [7, 11) is -2.77. The molecule has 2 aromatic rings. The molecule has 1 atom stereocenters. The molecule has 1 aliphatic heterocycles. The number of carbonyl (C=O) groups is 1. The van der Waals surface area contributed by atoms with E-state index in [1.54, 1.807) is 19.1 Å². The minimum atomic E-state index is -3.97. The smallest absolute Gasteiger partial charge is 0.373 e. The fourth-order valence-electron chi connectivity index (χ4n) is 3.18. The molecule has 1 N–H and O–H groups in total. The molecule has 28 heavy (non-hydrogen) atoms. The minimum absolute atomic E-state index is 0. The molecule has 0 amide bonds. The molecule has 0 bridgehead atoms. The predicted molar refractivity (Wildman–Crippen MR) is 103 cm³/mol. The van der Waals surface area contributed by atoms with Crippen LogP contribution in [-0.4, -0.2) is 45.4 Å². The lowest BCUT2D eigenvalue weighted by molar-refractivity contribution is 0.0563. The van der Waals surface area contributed by atoms with Crippen molar-refractivity contribution in [3.8, 4) is 0 Å². The first-order valence-corrected chi connectivity index (χ1v) is 10.0. The van der Waals surface area contributed by atoms with E-state index in [2.05, 4.69) is 10.1 Å². The van der Waals surface area contributed by atoms with Crippen LogP contribution in [0.5, 0.6) is 0 Å². The van der Waals surface area contributed by atoms with Crippen LogP contribution in [0.15, 0.2) is 39.6 Å². The number of nitrogens with zero attached hydrogens (tertiary/aromatic N) is 1. The van der Waals surface area contributed by atoms with Gasteiger partial charge in [-0.25, -0.2) is 17.6 Å². The Balaban J connectivity index is 0.00000280. The number of carbonyl (C=O) groups excluding carboxylic acids is 1. The number of piperazine rings is 1. The second kappa shape index (κ2) is 9.04. The number of esters is 1. The number of halogens is 2. The quantitative estimate of drug-likeness (QED) is 0.730. The number of rotatable bonds is 5. The normalized spacial score (nSPS) is 17.8. The second-order valence-electron chi connectivity index (χ2n) is 6.13. The van der Waals surface area contributed by atoms with E-state index in [-0.39, 0.29) is 35.4 Å². The number of aryl methyl sites for hydroxylation is 1. The average Bonchev–Trinajstić information content (AvgIpc) is 3.13. The van der Waals surface area contributed by atoms with E-state index in [0.717, 1.165) is 0 Å². The van der Waals surface area contributed by atoms with Crippen LogP contribution >= 0.6 is 12.4 Å². The highest BCUT2D eigenvalue weighted by Gasteiger charge is 2.37. The Hall–Kier alpha value is -1.94. The van der Waals surface area contributed by atoms with Gasteiger partial charge in [0.2, 0.25) is 15.8 Å². The molecule has 1 saturated heterocycles. The zero-order valence-electron chi connectivity index (χ0n) is 15.5. The molecule has 0 radical (unpaired) electrons. The van der Waals surface area contributed by atoms with Crippen LogP contribution < -0.4 is 5.32 Å². The zero-order chi connectivity index (χ0) is 19.6. The van der Waals surface area contributed by atoms with Gasteiger partial charge in [-0.15, -0.1) is 12.4 Å². The molecule has 0 saturated carbocycles. The van der Waals surface area contributed by atoms with E-state index in [9.17, 15) is 17.6 Å². The molecule has 1 unspecified atom stereocenters. The van der Waals surface area contributed by atoms with Crippen molar-refractivity contribution in [3.05, 3.63) is 53.2 Å². The maximum atomic E-state index is 13.7. The zero-order valence-corrected chi connectivity index (χ0v) is 17.1. The Kier molecular flexibility index (Phi) is 7.22. The lowest BCUT2D eigenvalue weighted by Gasteiger charge is -2.35. The summed E-state index contributed by atoms with van der Waals surface area (Å²) >= 11 is 0. The summed E-state index contributed by atoms with van der Waals surface area (Å²) in [5.74, 6) is -1.15. The van der Waals surface area contributed by atoms with Gasteiger partial charge in [0.1, 0.15) is 16.5 Å². The van der Waals surface area contributed by atoms with Gasteiger partial charge in [0.05, 0.1) is 13.2 Å². The number of sulfonamides is 1. The first-order chi connectivity index (χ1) is 12.9. The van der Waals surface area contributed by atoms with Crippen molar-refractivity contribution in [2.75, 3.05) is 26.7 Å². The van der Waals surface area contributed by atoms with Crippen LogP contribution in [0.3, 0.4) is 0 Å². The summed E-state index contributed by atoms with van der Waals surface area (Å²) in [5, 5.41) is 3.14. The lowest BCUT2D eigenvalue weighted by Crippen LogP contribution is -2.48. The van der Waals surface area contributed by atoms with Crippen molar-refractivity contribution < 1.29 is 26.8 Å². The van der Waals surface area contributed by atoms with E-state index < -0.39 is 27.9 Å².